The van der Waals surface area contributed by atoms with Crippen molar-refractivity contribution in [3.05, 3.63) is 41.8 Å². The summed E-state index contributed by atoms with van der Waals surface area (Å²) >= 11 is 0. The molecule has 0 aliphatic carbocycles. The van der Waals surface area contributed by atoms with Crippen molar-refractivity contribution in [2.24, 2.45) is 0 Å². The zero-order valence-electron chi connectivity index (χ0n) is 13.1. The van der Waals surface area contributed by atoms with Gasteiger partial charge >= 0.3 is 0 Å². The topological polar surface area (TPSA) is 58.3 Å². The lowest BCUT2D eigenvalue weighted by atomic mass is 10.2. The van der Waals surface area contributed by atoms with E-state index in [0.717, 1.165) is 51.5 Å². The summed E-state index contributed by atoms with van der Waals surface area (Å²) in [6.45, 7) is 8.07. The van der Waals surface area contributed by atoms with E-state index in [4.69, 9.17) is 4.52 Å². The molecule has 0 bridgehead atoms. The van der Waals surface area contributed by atoms with Gasteiger partial charge in [-0.15, -0.1) is 0 Å². The monoisotopic (exact) mass is 301 g/mol. The minimum atomic E-state index is 0.641. The van der Waals surface area contributed by atoms with Gasteiger partial charge in [0.25, 0.3) is 0 Å². The van der Waals surface area contributed by atoms with E-state index in [2.05, 4.69) is 37.1 Å². The molecule has 118 valence electrons. The molecule has 0 atom stereocenters. The third-order valence-corrected chi connectivity index (χ3v) is 4.03. The molecule has 2 aromatic rings. The van der Waals surface area contributed by atoms with Gasteiger partial charge in [-0.3, -0.25) is 9.88 Å². The summed E-state index contributed by atoms with van der Waals surface area (Å²) in [6, 6.07) is 6.12. The third-order valence-electron chi connectivity index (χ3n) is 4.03. The summed E-state index contributed by atoms with van der Waals surface area (Å²) in [4.78, 5) is 13.6. The second kappa shape index (κ2) is 7.47. The molecule has 1 saturated heterocycles. The Morgan fingerprint density at radius 1 is 1.14 bits per heavy atom. The van der Waals surface area contributed by atoms with E-state index in [9.17, 15) is 0 Å². The van der Waals surface area contributed by atoms with E-state index in [1.54, 1.807) is 0 Å². The van der Waals surface area contributed by atoms with Crippen LogP contribution in [0.15, 0.2) is 28.9 Å². The molecule has 22 heavy (non-hydrogen) atoms. The molecular formula is C16H23N5O. The molecule has 1 fully saturated rings. The predicted molar refractivity (Wildman–Crippen MR) is 83.3 cm³/mol. The summed E-state index contributed by atoms with van der Waals surface area (Å²) in [5.41, 5.74) is 1.17. The quantitative estimate of drug-likeness (QED) is 0.834. The fourth-order valence-electron chi connectivity index (χ4n) is 2.83. The van der Waals surface area contributed by atoms with Crippen LogP contribution in [0.1, 0.15) is 23.8 Å². The van der Waals surface area contributed by atoms with E-state index < -0.39 is 0 Å². The first-order valence-corrected chi connectivity index (χ1v) is 7.93. The normalized spacial score (nSPS) is 17.5. The molecule has 1 aliphatic rings. The second-order valence-electron chi connectivity index (χ2n) is 5.77. The maximum atomic E-state index is 5.04. The molecule has 3 rings (SSSR count). The predicted octanol–water partition coefficient (Wildman–Crippen LogP) is 1.52. The highest BCUT2D eigenvalue weighted by atomic mass is 16.5. The van der Waals surface area contributed by atoms with Gasteiger partial charge in [0.05, 0.1) is 6.54 Å². The van der Waals surface area contributed by atoms with Gasteiger partial charge in [-0.2, -0.15) is 4.98 Å². The minimum absolute atomic E-state index is 0.641. The Kier molecular flexibility index (Phi) is 5.13. The first kappa shape index (κ1) is 15.1. The third kappa shape index (κ3) is 4.35. The van der Waals surface area contributed by atoms with Crippen LogP contribution in [0.3, 0.4) is 0 Å². The molecule has 0 aromatic carbocycles. The van der Waals surface area contributed by atoms with Crippen LogP contribution >= 0.6 is 0 Å². The zero-order chi connectivity index (χ0) is 15.2. The van der Waals surface area contributed by atoms with Crippen LogP contribution in [0.5, 0.6) is 0 Å². The number of hydrogen-bond donors (Lipinski definition) is 0. The van der Waals surface area contributed by atoms with Gasteiger partial charge in [-0.25, -0.2) is 0 Å². The Morgan fingerprint density at radius 3 is 2.77 bits per heavy atom. The van der Waals surface area contributed by atoms with Gasteiger partial charge in [0.2, 0.25) is 5.89 Å². The smallest absolute Gasteiger partial charge is 0.223 e. The molecule has 6 heteroatoms. The standard InChI is InChI=1S/C16H23N5O/c1-14-18-16(19-22-14)13-21-9-4-8-20(11-12-21)10-6-15-5-2-3-7-17-15/h2-3,5,7H,4,6,8-13H2,1H3. The Balaban J connectivity index is 1.45. The Hall–Kier alpha value is -1.79. The largest absolute Gasteiger partial charge is 0.340 e. The molecule has 0 radical (unpaired) electrons. The van der Waals surface area contributed by atoms with E-state index in [1.165, 1.54) is 12.1 Å². The number of nitrogens with zero attached hydrogens (tertiary/aromatic N) is 5. The fourth-order valence-corrected chi connectivity index (χ4v) is 2.83. The van der Waals surface area contributed by atoms with E-state index >= 15 is 0 Å². The fraction of sp³-hybridized carbons (Fsp3) is 0.562. The molecule has 3 heterocycles. The second-order valence-corrected chi connectivity index (χ2v) is 5.77. The summed E-state index contributed by atoms with van der Waals surface area (Å²) in [5.74, 6) is 1.43. The average Bonchev–Trinajstić information content (AvgIpc) is 2.81. The maximum Gasteiger partial charge on any atom is 0.223 e. The number of hydrogen-bond acceptors (Lipinski definition) is 6. The highest BCUT2D eigenvalue weighted by Gasteiger charge is 2.16. The number of pyridine rings is 1. The van der Waals surface area contributed by atoms with E-state index in [0.29, 0.717) is 5.89 Å². The average molecular weight is 301 g/mol. The summed E-state index contributed by atoms with van der Waals surface area (Å²) < 4.78 is 5.04. The van der Waals surface area contributed by atoms with Gasteiger partial charge in [0.1, 0.15) is 0 Å². The number of aryl methyl sites for hydroxylation is 1. The molecular weight excluding hydrogens is 278 g/mol. The highest BCUT2D eigenvalue weighted by molar-refractivity contribution is 5.03. The molecule has 0 saturated carbocycles. The van der Waals surface area contributed by atoms with Gasteiger partial charge in [0.15, 0.2) is 5.82 Å². The molecule has 0 N–H and O–H groups in total. The molecule has 0 amide bonds. The maximum absolute atomic E-state index is 5.04. The summed E-state index contributed by atoms with van der Waals surface area (Å²) in [5, 5.41) is 3.99. The minimum Gasteiger partial charge on any atom is -0.340 e. The van der Waals surface area contributed by atoms with Crippen LogP contribution in [-0.4, -0.2) is 57.6 Å². The van der Waals surface area contributed by atoms with Crippen molar-refractivity contribution in [2.75, 3.05) is 32.7 Å². The van der Waals surface area contributed by atoms with Crippen molar-refractivity contribution < 1.29 is 4.52 Å². The van der Waals surface area contributed by atoms with Crippen molar-refractivity contribution in [3.63, 3.8) is 0 Å². The van der Waals surface area contributed by atoms with Crippen molar-refractivity contribution in [2.45, 2.75) is 26.3 Å². The van der Waals surface area contributed by atoms with Crippen LogP contribution < -0.4 is 0 Å². The van der Waals surface area contributed by atoms with Crippen LogP contribution in [-0.2, 0) is 13.0 Å². The SMILES string of the molecule is Cc1nc(CN2CCCN(CCc3ccccn3)CC2)no1. The molecule has 0 unspecified atom stereocenters. The molecule has 1 aliphatic heterocycles. The molecule has 2 aromatic heterocycles. The van der Waals surface area contributed by atoms with Crippen molar-refractivity contribution in [3.8, 4) is 0 Å². The van der Waals surface area contributed by atoms with Crippen molar-refractivity contribution in [1.82, 2.24) is 24.9 Å². The lowest BCUT2D eigenvalue weighted by Crippen LogP contribution is -2.32. The van der Waals surface area contributed by atoms with Crippen LogP contribution in [0, 0.1) is 6.92 Å². The Labute approximate surface area is 131 Å². The van der Waals surface area contributed by atoms with Crippen LogP contribution in [0.4, 0.5) is 0 Å². The molecule has 6 nitrogen and oxygen atoms in total. The first-order valence-electron chi connectivity index (χ1n) is 7.93. The zero-order valence-corrected chi connectivity index (χ0v) is 13.1. The first-order chi connectivity index (χ1) is 10.8. The van der Waals surface area contributed by atoms with E-state index in [-0.39, 0.29) is 0 Å². The van der Waals surface area contributed by atoms with Crippen LogP contribution in [0.25, 0.3) is 0 Å². The lowest BCUT2D eigenvalue weighted by molar-refractivity contribution is 0.246. The van der Waals surface area contributed by atoms with Crippen molar-refractivity contribution >= 4 is 0 Å². The summed E-state index contributed by atoms with van der Waals surface area (Å²) in [6.07, 6.45) is 4.07. The van der Waals surface area contributed by atoms with E-state index in [1.807, 2.05) is 19.2 Å². The number of rotatable bonds is 5. The lowest BCUT2D eigenvalue weighted by Gasteiger charge is -2.20. The van der Waals surface area contributed by atoms with Gasteiger partial charge in [0, 0.05) is 44.9 Å². The number of aromatic nitrogens is 3. The Morgan fingerprint density at radius 2 is 2.00 bits per heavy atom. The van der Waals surface area contributed by atoms with Crippen molar-refractivity contribution in [1.29, 1.82) is 0 Å². The van der Waals surface area contributed by atoms with Crippen LogP contribution in [0.2, 0.25) is 0 Å². The van der Waals surface area contributed by atoms with Gasteiger partial charge in [-0.1, -0.05) is 11.2 Å². The Bertz CT molecular complexity index is 571. The molecule has 0 spiro atoms. The summed E-state index contributed by atoms with van der Waals surface area (Å²) in [7, 11) is 0. The highest BCUT2D eigenvalue weighted by Crippen LogP contribution is 2.08. The van der Waals surface area contributed by atoms with Gasteiger partial charge in [-0.05, 0) is 31.6 Å². The van der Waals surface area contributed by atoms with Gasteiger partial charge < -0.3 is 9.42 Å².